The molecule has 0 aliphatic heterocycles. The second kappa shape index (κ2) is 8.35. The molecule has 2 rings (SSSR count). The van der Waals surface area contributed by atoms with E-state index in [9.17, 15) is 14.4 Å². The average molecular weight is 374 g/mol. The maximum Gasteiger partial charge on any atom is 0.325 e. The number of nitrogens with zero attached hydrogens (tertiary/aromatic N) is 2. The number of amides is 2. The maximum absolute atomic E-state index is 12.0. The van der Waals surface area contributed by atoms with Crippen LogP contribution < -0.4 is 15.4 Å². The number of aromatic nitrogens is 2. The number of anilines is 1. The highest BCUT2D eigenvalue weighted by Gasteiger charge is 2.16. The second-order valence-electron chi connectivity index (χ2n) is 6.07. The largest absolute Gasteiger partial charge is 0.480 e. The van der Waals surface area contributed by atoms with E-state index in [1.807, 2.05) is 6.92 Å². The van der Waals surface area contributed by atoms with Gasteiger partial charge in [-0.2, -0.15) is 5.10 Å². The Kier molecular flexibility index (Phi) is 6.17. The van der Waals surface area contributed by atoms with Crippen LogP contribution in [0.15, 0.2) is 24.3 Å². The molecule has 0 saturated heterocycles. The van der Waals surface area contributed by atoms with Crippen molar-refractivity contribution in [2.75, 3.05) is 11.9 Å². The Bertz CT molecular complexity index is 857. The molecule has 0 aliphatic carbocycles. The Hall–Kier alpha value is -3.36. The fourth-order valence-electron chi connectivity index (χ4n) is 2.34. The zero-order chi connectivity index (χ0) is 20.1. The fraction of sp³-hybridized carbons (Fsp3) is 0.333. The third-order valence-corrected chi connectivity index (χ3v) is 3.94. The fourth-order valence-corrected chi connectivity index (χ4v) is 2.34. The van der Waals surface area contributed by atoms with Crippen LogP contribution in [0.5, 0.6) is 5.75 Å². The number of hydrogen-bond donors (Lipinski definition) is 3. The number of ether oxygens (including phenoxy) is 1. The molecule has 9 nitrogen and oxygen atoms in total. The number of aryl methyl sites for hydroxylation is 2. The van der Waals surface area contributed by atoms with Gasteiger partial charge in [0.05, 0.1) is 5.69 Å². The van der Waals surface area contributed by atoms with Gasteiger partial charge in [0.1, 0.15) is 11.7 Å². The highest BCUT2D eigenvalue weighted by Crippen LogP contribution is 2.21. The standard InChI is InChI=1S/C18H22N4O5/c1-10-16(12(3)22(4)21-10)27-9-15(23)20-14-7-5-13(6-8-14)17(24)19-11(2)18(25)26/h5-8,11H,9H2,1-4H3,(H,19,24)(H,20,23)(H,25,26). The van der Waals surface area contributed by atoms with Gasteiger partial charge in [-0.25, -0.2) is 0 Å². The molecule has 2 amide bonds. The van der Waals surface area contributed by atoms with Crippen molar-refractivity contribution in [3.05, 3.63) is 41.2 Å². The molecule has 0 bridgehead atoms. The summed E-state index contributed by atoms with van der Waals surface area (Å²) in [4.78, 5) is 34.7. The van der Waals surface area contributed by atoms with Gasteiger partial charge in [0, 0.05) is 18.3 Å². The van der Waals surface area contributed by atoms with Crippen LogP contribution in [-0.2, 0) is 16.6 Å². The zero-order valence-electron chi connectivity index (χ0n) is 15.6. The van der Waals surface area contributed by atoms with Crippen LogP contribution in [0.2, 0.25) is 0 Å². The van der Waals surface area contributed by atoms with E-state index in [4.69, 9.17) is 9.84 Å². The van der Waals surface area contributed by atoms with Gasteiger partial charge in [0.15, 0.2) is 12.4 Å². The van der Waals surface area contributed by atoms with Crippen molar-refractivity contribution in [3.63, 3.8) is 0 Å². The molecule has 0 saturated carbocycles. The summed E-state index contributed by atoms with van der Waals surface area (Å²) in [5.74, 6) is -1.40. The van der Waals surface area contributed by atoms with E-state index in [0.29, 0.717) is 22.7 Å². The van der Waals surface area contributed by atoms with Crippen molar-refractivity contribution in [2.45, 2.75) is 26.8 Å². The summed E-state index contributed by atoms with van der Waals surface area (Å²) < 4.78 is 7.21. The Morgan fingerprint density at radius 3 is 2.37 bits per heavy atom. The monoisotopic (exact) mass is 374 g/mol. The molecule has 0 spiro atoms. The Balaban J connectivity index is 1.91. The number of carbonyl (C=O) groups excluding carboxylic acids is 2. The van der Waals surface area contributed by atoms with Crippen LogP contribution in [-0.4, -0.2) is 45.3 Å². The van der Waals surface area contributed by atoms with Crippen LogP contribution >= 0.6 is 0 Å². The minimum absolute atomic E-state index is 0.175. The van der Waals surface area contributed by atoms with E-state index >= 15 is 0 Å². The predicted molar refractivity (Wildman–Crippen MR) is 97.8 cm³/mol. The molecule has 1 aromatic heterocycles. The first-order valence-electron chi connectivity index (χ1n) is 8.25. The quantitative estimate of drug-likeness (QED) is 0.670. The van der Waals surface area contributed by atoms with Crippen molar-refractivity contribution in [1.82, 2.24) is 15.1 Å². The van der Waals surface area contributed by atoms with Gasteiger partial charge in [-0.3, -0.25) is 19.1 Å². The highest BCUT2D eigenvalue weighted by atomic mass is 16.5. The summed E-state index contributed by atoms with van der Waals surface area (Å²) in [5.41, 5.74) is 2.31. The molecule has 1 heterocycles. The number of aliphatic carboxylic acids is 1. The van der Waals surface area contributed by atoms with E-state index in [1.165, 1.54) is 19.1 Å². The van der Waals surface area contributed by atoms with E-state index < -0.39 is 17.9 Å². The van der Waals surface area contributed by atoms with Gasteiger partial charge in [0.2, 0.25) is 0 Å². The van der Waals surface area contributed by atoms with Gasteiger partial charge in [-0.1, -0.05) is 0 Å². The van der Waals surface area contributed by atoms with E-state index in [1.54, 1.807) is 30.8 Å². The maximum atomic E-state index is 12.0. The van der Waals surface area contributed by atoms with Crippen molar-refractivity contribution in [3.8, 4) is 5.75 Å². The van der Waals surface area contributed by atoms with Gasteiger partial charge in [0.25, 0.3) is 11.8 Å². The van der Waals surface area contributed by atoms with E-state index in [-0.39, 0.29) is 12.5 Å². The zero-order valence-corrected chi connectivity index (χ0v) is 15.6. The molecule has 1 unspecified atom stereocenters. The van der Waals surface area contributed by atoms with Crippen LogP contribution in [0.25, 0.3) is 0 Å². The summed E-state index contributed by atoms with van der Waals surface area (Å²) in [6.45, 7) is 4.85. The molecular weight excluding hydrogens is 352 g/mol. The van der Waals surface area contributed by atoms with Crippen molar-refractivity contribution in [1.29, 1.82) is 0 Å². The van der Waals surface area contributed by atoms with Gasteiger partial charge in [-0.05, 0) is 45.0 Å². The number of hydrogen-bond acceptors (Lipinski definition) is 5. The molecular formula is C18H22N4O5. The molecule has 27 heavy (non-hydrogen) atoms. The lowest BCUT2D eigenvalue weighted by atomic mass is 10.2. The van der Waals surface area contributed by atoms with E-state index in [0.717, 1.165) is 5.69 Å². The van der Waals surface area contributed by atoms with Crippen molar-refractivity contribution >= 4 is 23.5 Å². The number of carboxylic acids is 1. The van der Waals surface area contributed by atoms with Crippen LogP contribution in [0.3, 0.4) is 0 Å². The number of rotatable bonds is 7. The number of benzene rings is 1. The second-order valence-corrected chi connectivity index (χ2v) is 6.07. The van der Waals surface area contributed by atoms with Gasteiger partial charge >= 0.3 is 5.97 Å². The summed E-state index contributed by atoms with van der Waals surface area (Å²) in [6, 6.07) is 5.11. The lowest BCUT2D eigenvalue weighted by Gasteiger charge is -2.10. The topological polar surface area (TPSA) is 123 Å². The summed E-state index contributed by atoms with van der Waals surface area (Å²) in [7, 11) is 1.80. The van der Waals surface area contributed by atoms with Crippen LogP contribution in [0.1, 0.15) is 28.7 Å². The lowest BCUT2D eigenvalue weighted by molar-refractivity contribution is -0.138. The number of carboxylic acid groups (broad SMARTS) is 1. The van der Waals surface area contributed by atoms with Crippen molar-refractivity contribution in [2.24, 2.45) is 7.05 Å². The van der Waals surface area contributed by atoms with Gasteiger partial charge < -0.3 is 20.5 Å². The number of carbonyl (C=O) groups is 3. The first-order valence-corrected chi connectivity index (χ1v) is 8.25. The summed E-state index contributed by atoms with van der Waals surface area (Å²) in [5, 5.41) is 18.0. The predicted octanol–water partition coefficient (Wildman–Crippen LogP) is 1.26. The molecule has 0 fully saturated rings. The molecule has 1 atom stereocenters. The smallest absolute Gasteiger partial charge is 0.325 e. The Morgan fingerprint density at radius 2 is 1.85 bits per heavy atom. The first kappa shape index (κ1) is 20.0. The molecule has 0 radical (unpaired) electrons. The minimum Gasteiger partial charge on any atom is -0.480 e. The normalized spacial score (nSPS) is 11.6. The molecule has 9 heteroatoms. The number of nitrogens with one attached hydrogen (secondary N) is 2. The SMILES string of the molecule is Cc1nn(C)c(C)c1OCC(=O)Nc1ccc(C(=O)NC(C)C(=O)O)cc1. The van der Waals surface area contributed by atoms with Crippen LogP contribution in [0, 0.1) is 13.8 Å². The summed E-state index contributed by atoms with van der Waals surface area (Å²) in [6.07, 6.45) is 0. The average Bonchev–Trinajstić information content (AvgIpc) is 2.85. The molecule has 1 aromatic carbocycles. The highest BCUT2D eigenvalue weighted by molar-refractivity contribution is 5.97. The molecule has 3 N–H and O–H groups in total. The summed E-state index contributed by atoms with van der Waals surface area (Å²) >= 11 is 0. The third kappa shape index (κ3) is 5.06. The Labute approximate surface area is 156 Å². The molecule has 2 aromatic rings. The van der Waals surface area contributed by atoms with E-state index in [2.05, 4.69) is 15.7 Å². The first-order chi connectivity index (χ1) is 12.7. The molecule has 0 aliphatic rings. The Morgan fingerprint density at radius 1 is 1.22 bits per heavy atom. The third-order valence-electron chi connectivity index (χ3n) is 3.94. The van der Waals surface area contributed by atoms with Crippen molar-refractivity contribution < 1.29 is 24.2 Å². The lowest BCUT2D eigenvalue weighted by Crippen LogP contribution is -2.38. The molecule has 144 valence electrons. The van der Waals surface area contributed by atoms with Gasteiger partial charge in [-0.15, -0.1) is 0 Å². The van der Waals surface area contributed by atoms with Crippen LogP contribution in [0.4, 0.5) is 5.69 Å². The minimum atomic E-state index is -1.12.